The highest BCUT2D eigenvalue weighted by Gasteiger charge is 2.26. The van der Waals surface area contributed by atoms with E-state index in [0.29, 0.717) is 6.04 Å². The molecule has 1 heteroatoms. The predicted octanol–water partition coefficient (Wildman–Crippen LogP) is 4.65. The molecule has 0 spiro atoms. The molecular formula is C18H29N. The second-order valence-corrected chi connectivity index (χ2v) is 5.92. The van der Waals surface area contributed by atoms with E-state index in [1.165, 1.54) is 36.8 Å². The summed E-state index contributed by atoms with van der Waals surface area (Å²) in [6.07, 6.45) is 7.74. The van der Waals surface area contributed by atoms with Crippen molar-refractivity contribution >= 4 is 0 Å². The minimum absolute atomic E-state index is 0.573. The van der Waals surface area contributed by atoms with E-state index in [0.717, 1.165) is 25.3 Å². The quantitative estimate of drug-likeness (QED) is 0.716. The molecule has 0 bridgehead atoms. The summed E-state index contributed by atoms with van der Waals surface area (Å²) in [4.78, 5) is 0. The summed E-state index contributed by atoms with van der Waals surface area (Å²) in [6.45, 7) is 7.91. The molecule has 0 radical (unpaired) electrons. The van der Waals surface area contributed by atoms with Gasteiger partial charge < -0.3 is 5.32 Å². The zero-order valence-corrected chi connectivity index (χ0v) is 12.8. The first kappa shape index (κ1) is 14.6. The van der Waals surface area contributed by atoms with Crippen molar-refractivity contribution in [2.75, 3.05) is 6.54 Å². The maximum absolute atomic E-state index is 3.75. The summed E-state index contributed by atoms with van der Waals surface area (Å²) in [5.74, 6) is 0.977. The number of aryl methyl sites for hydroxylation is 2. The van der Waals surface area contributed by atoms with E-state index in [1.54, 1.807) is 5.56 Å². The van der Waals surface area contributed by atoms with Crippen LogP contribution < -0.4 is 5.32 Å². The highest BCUT2D eigenvalue weighted by molar-refractivity contribution is 5.34. The molecule has 1 unspecified atom stereocenters. The molecule has 0 aliphatic heterocycles. The van der Waals surface area contributed by atoms with Gasteiger partial charge in [0.2, 0.25) is 0 Å². The van der Waals surface area contributed by atoms with Crippen LogP contribution in [0, 0.1) is 5.92 Å². The number of rotatable bonds is 8. The molecule has 1 aromatic carbocycles. The van der Waals surface area contributed by atoms with Gasteiger partial charge in [0.05, 0.1) is 0 Å². The standard InChI is InChI=1S/C18H29N/c1-4-11-19-18(12-14-7-8-14)17-10-9-15(5-2)16(6-3)13-17/h9-10,13-14,18-19H,4-8,11-12H2,1-3H3. The number of hydrogen-bond acceptors (Lipinski definition) is 1. The molecule has 1 fully saturated rings. The summed E-state index contributed by atoms with van der Waals surface area (Å²) in [7, 11) is 0. The molecule has 1 saturated carbocycles. The fourth-order valence-electron chi connectivity index (χ4n) is 2.88. The molecule has 19 heavy (non-hydrogen) atoms. The van der Waals surface area contributed by atoms with Gasteiger partial charge in [0, 0.05) is 6.04 Å². The van der Waals surface area contributed by atoms with Gasteiger partial charge in [-0.15, -0.1) is 0 Å². The lowest BCUT2D eigenvalue weighted by Crippen LogP contribution is -2.23. The van der Waals surface area contributed by atoms with Crippen LogP contribution in [-0.2, 0) is 12.8 Å². The lowest BCUT2D eigenvalue weighted by Gasteiger charge is -2.20. The van der Waals surface area contributed by atoms with Crippen LogP contribution in [-0.4, -0.2) is 6.54 Å². The Bertz CT molecular complexity index is 393. The van der Waals surface area contributed by atoms with Crippen molar-refractivity contribution in [2.24, 2.45) is 5.92 Å². The fraction of sp³-hybridized carbons (Fsp3) is 0.667. The van der Waals surface area contributed by atoms with Gasteiger partial charge in [0.25, 0.3) is 0 Å². The summed E-state index contributed by atoms with van der Waals surface area (Å²) < 4.78 is 0. The average Bonchev–Trinajstić information content (AvgIpc) is 3.26. The fourth-order valence-corrected chi connectivity index (χ4v) is 2.88. The Morgan fingerprint density at radius 2 is 1.84 bits per heavy atom. The third-order valence-corrected chi connectivity index (χ3v) is 4.30. The zero-order valence-electron chi connectivity index (χ0n) is 12.8. The molecule has 0 amide bonds. The largest absolute Gasteiger partial charge is 0.310 e. The van der Waals surface area contributed by atoms with E-state index in [-0.39, 0.29) is 0 Å². The topological polar surface area (TPSA) is 12.0 Å². The van der Waals surface area contributed by atoms with Crippen molar-refractivity contribution in [1.82, 2.24) is 5.32 Å². The molecule has 1 aromatic rings. The second-order valence-electron chi connectivity index (χ2n) is 5.92. The first-order chi connectivity index (χ1) is 9.28. The maximum Gasteiger partial charge on any atom is 0.0322 e. The minimum atomic E-state index is 0.573. The van der Waals surface area contributed by atoms with Crippen LogP contribution >= 0.6 is 0 Å². The highest BCUT2D eigenvalue weighted by Crippen LogP contribution is 2.38. The monoisotopic (exact) mass is 259 g/mol. The number of benzene rings is 1. The van der Waals surface area contributed by atoms with Gasteiger partial charge in [-0.2, -0.15) is 0 Å². The zero-order chi connectivity index (χ0) is 13.7. The van der Waals surface area contributed by atoms with E-state index in [9.17, 15) is 0 Å². The molecule has 1 aliphatic rings. The predicted molar refractivity (Wildman–Crippen MR) is 83.6 cm³/mol. The molecule has 1 N–H and O–H groups in total. The lowest BCUT2D eigenvalue weighted by atomic mass is 9.94. The molecule has 0 saturated heterocycles. The first-order valence-electron chi connectivity index (χ1n) is 8.13. The van der Waals surface area contributed by atoms with Gasteiger partial charge >= 0.3 is 0 Å². The third kappa shape index (κ3) is 4.07. The summed E-state index contributed by atoms with van der Waals surface area (Å²) in [6, 6.07) is 7.73. The van der Waals surface area contributed by atoms with Gasteiger partial charge in [-0.1, -0.05) is 51.8 Å². The van der Waals surface area contributed by atoms with Crippen molar-refractivity contribution in [3.8, 4) is 0 Å². The SMILES string of the molecule is CCCNC(CC1CC1)c1ccc(CC)c(CC)c1. The van der Waals surface area contributed by atoms with E-state index in [4.69, 9.17) is 0 Å². The van der Waals surface area contributed by atoms with Crippen LogP contribution in [0.1, 0.15) is 69.2 Å². The van der Waals surface area contributed by atoms with Crippen molar-refractivity contribution < 1.29 is 0 Å². The second kappa shape index (κ2) is 7.09. The van der Waals surface area contributed by atoms with Crippen LogP contribution in [0.15, 0.2) is 18.2 Å². The van der Waals surface area contributed by atoms with Crippen LogP contribution in [0.2, 0.25) is 0 Å². The summed E-state index contributed by atoms with van der Waals surface area (Å²) >= 11 is 0. The van der Waals surface area contributed by atoms with Gasteiger partial charge in [-0.3, -0.25) is 0 Å². The minimum Gasteiger partial charge on any atom is -0.310 e. The molecule has 1 aliphatic carbocycles. The van der Waals surface area contributed by atoms with Crippen molar-refractivity contribution in [3.63, 3.8) is 0 Å². The van der Waals surface area contributed by atoms with Gasteiger partial charge in [-0.25, -0.2) is 0 Å². The summed E-state index contributed by atoms with van der Waals surface area (Å²) in [5.41, 5.74) is 4.57. The van der Waals surface area contributed by atoms with Crippen molar-refractivity contribution in [1.29, 1.82) is 0 Å². The molecular weight excluding hydrogens is 230 g/mol. The maximum atomic E-state index is 3.75. The van der Waals surface area contributed by atoms with E-state index >= 15 is 0 Å². The van der Waals surface area contributed by atoms with E-state index < -0.39 is 0 Å². The first-order valence-corrected chi connectivity index (χ1v) is 8.13. The van der Waals surface area contributed by atoms with Gasteiger partial charge in [0.15, 0.2) is 0 Å². The summed E-state index contributed by atoms with van der Waals surface area (Å²) in [5, 5.41) is 3.75. The third-order valence-electron chi connectivity index (χ3n) is 4.30. The Hall–Kier alpha value is -0.820. The van der Waals surface area contributed by atoms with Crippen LogP contribution in [0.5, 0.6) is 0 Å². The van der Waals surface area contributed by atoms with Gasteiger partial charge in [0.1, 0.15) is 0 Å². The van der Waals surface area contributed by atoms with Crippen LogP contribution in [0.3, 0.4) is 0 Å². The smallest absolute Gasteiger partial charge is 0.0322 e. The van der Waals surface area contributed by atoms with Crippen molar-refractivity contribution in [3.05, 3.63) is 34.9 Å². The normalized spacial score (nSPS) is 16.6. The Morgan fingerprint density at radius 3 is 2.42 bits per heavy atom. The highest BCUT2D eigenvalue weighted by atomic mass is 14.9. The molecule has 2 rings (SSSR count). The van der Waals surface area contributed by atoms with E-state index in [1.807, 2.05) is 0 Å². The molecule has 1 nitrogen and oxygen atoms in total. The van der Waals surface area contributed by atoms with Crippen LogP contribution in [0.4, 0.5) is 0 Å². The molecule has 1 atom stereocenters. The molecule has 106 valence electrons. The molecule has 0 heterocycles. The number of hydrogen-bond donors (Lipinski definition) is 1. The Balaban J connectivity index is 2.14. The Labute approximate surface area is 118 Å². The Kier molecular flexibility index (Phi) is 5.45. The van der Waals surface area contributed by atoms with Crippen molar-refractivity contribution in [2.45, 2.75) is 65.3 Å². The Morgan fingerprint density at radius 1 is 1.11 bits per heavy atom. The molecule has 0 aromatic heterocycles. The van der Waals surface area contributed by atoms with Crippen LogP contribution in [0.25, 0.3) is 0 Å². The van der Waals surface area contributed by atoms with Gasteiger partial charge in [-0.05, 0) is 54.8 Å². The number of nitrogens with one attached hydrogen (secondary N) is 1. The lowest BCUT2D eigenvalue weighted by molar-refractivity contribution is 0.473. The average molecular weight is 259 g/mol. The van der Waals surface area contributed by atoms with E-state index in [2.05, 4.69) is 44.3 Å².